The molecule has 2 aromatic heterocycles. The number of aromatic nitrogens is 4. The SMILES string of the molecule is CC(CN)c1csc(-c2cn[nH]n2)n1. The Bertz CT molecular complexity index is 394. The van der Waals surface area contributed by atoms with Gasteiger partial charge in [-0.15, -0.1) is 11.3 Å². The Labute approximate surface area is 85.4 Å². The lowest BCUT2D eigenvalue weighted by molar-refractivity contribution is 0.752. The third kappa shape index (κ3) is 1.66. The molecule has 0 fully saturated rings. The van der Waals surface area contributed by atoms with Crippen LogP contribution in [0.1, 0.15) is 18.5 Å². The van der Waals surface area contributed by atoms with Crippen LogP contribution in [0, 0.1) is 0 Å². The van der Waals surface area contributed by atoms with Crippen molar-refractivity contribution < 1.29 is 0 Å². The molecule has 0 aliphatic heterocycles. The third-order valence-electron chi connectivity index (χ3n) is 2.01. The summed E-state index contributed by atoms with van der Waals surface area (Å²) in [7, 11) is 0. The van der Waals surface area contributed by atoms with Gasteiger partial charge in [-0.25, -0.2) is 4.98 Å². The molecule has 1 unspecified atom stereocenters. The van der Waals surface area contributed by atoms with Crippen LogP contribution in [0.5, 0.6) is 0 Å². The number of thiazole rings is 1. The molecule has 0 saturated carbocycles. The average Bonchev–Trinajstić information content (AvgIpc) is 2.86. The topological polar surface area (TPSA) is 80.5 Å². The van der Waals surface area contributed by atoms with Crippen LogP contribution in [0.15, 0.2) is 11.6 Å². The number of aromatic amines is 1. The fraction of sp³-hybridized carbons (Fsp3) is 0.375. The second-order valence-electron chi connectivity index (χ2n) is 3.07. The Balaban J connectivity index is 2.26. The van der Waals surface area contributed by atoms with Gasteiger partial charge in [0.1, 0.15) is 10.7 Å². The van der Waals surface area contributed by atoms with Gasteiger partial charge in [0.25, 0.3) is 0 Å². The van der Waals surface area contributed by atoms with Gasteiger partial charge >= 0.3 is 0 Å². The van der Waals surface area contributed by atoms with E-state index < -0.39 is 0 Å². The lowest BCUT2D eigenvalue weighted by Crippen LogP contribution is -2.08. The van der Waals surface area contributed by atoms with Gasteiger partial charge in [0, 0.05) is 17.8 Å². The van der Waals surface area contributed by atoms with Gasteiger partial charge in [0.2, 0.25) is 0 Å². The van der Waals surface area contributed by atoms with Gasteiger partial charge in [-0.05, 0) is 0 Å². The summed E-state index contributed by atoms with van der Waals surface area (Å²) in [5.41, 5.74) is 7.37. The lowest BCUT2D eigenvalue weighted by atomic mass is 10.1. The molecule has 6 heteroatoms. The second kappa shape index (κ2) is 3.85. The molecular formula is C8H11N5S. The van der Waals surface area contributed by atoms with Crippen LogP contribution in [0.3, 0.4) is 0 Å². The van der Waals surface area contributed by atoms with Gasteiger partial charge in [-0.3, -0.25) is 0 Å². The molecule has 0 aromatic carbocycles. The van der Waals surface area contributed by atoms with Gasteiger partial charge in [0.05, 0.1) is 11.9 Å². The zero-order chi connectivity index (χ0) is 9.97. The number of nitrogens with one attached hydrogen (secondary N) is 1. The first kappa shape index (κ1) is 9.29. The number of hydrogen-bond acceptors (Lipinski definition) is 5. The minimum atomic E-state index is 0.298. The number of H-pyrrole nitrogens is 1. The highest BCUT2D eigenvalue weighted by atomic mass is 32.1. The maximum atomic E-state index is 5.56. The van der Waals surface area contributed by atoms with Crippen molar-refractivity contribution in [1.29, 1.82) is 0 Å². The molecule has 0 spiro atoms. The Morgan fingerprint density at radius 2 is 2.50 bits per heavy atom. The quantitative estimate of drug-likeness (QED) is 0.790. The molecule has 3 N–H and O–H groups in total. The molecule has 0 amide bonds. The highest BCUT2D eigenvalue weighted by molar-refractivity contribution is 7.13. The van der Waals surface area contributed by atoms with E-state index in [-0.39, 0.29) is 0 Å². The summed E-state index contributed by atoms with van der Waals surface area (Å²) in [5.74, 6) is 0.298. The van der Waals surface area contributed by atoms with E-state index >= 15 is 0 Å². The van der Waals surface area contributed by atoms with E-state index in [4.69, 9.17) is 5.73 Å². The first-order chi connectivity index (χ1) is 6.81. The average molecular weight is 209 g/mol. The van der Waals surface area contributed by atoms with Crippen molar-refractivity contribution in [3.63, 3.8) is 0 Å². The summed E-state index contributed by atoms with van der Waals surface area (Å²) >= 11 is 1.56. The van der Waals surface area contributed by atoms with E-state index in [0.29, 0.717) is 12.5 Å². The van der Waals surface area contributed by atoms with Crippen molar-refractivity contribution in [2.24, 2.45) is 5.73 Å². The molecule has 0 saturated heterocycles. The number of hydrogen-bond donors (Lipinski definition) is 2. The molecular weight excluding hydrogens is 198 g/mol. The summed E-state index contributed by atoms with van der Waals surface area (Å²) in [6.45, 7) is 2.67. The molecule has 5 nitrogen and oxygen atoms in total. The summed E-state index contributed by atoms with van der Waals surface area (Å²) in [6, 6.07) is 0. The van der Waals surface area contributed by atoms with E-state index in [1.165, 1.54) is 0 Å². The van der Waals surface area contributed by atoms with Crippen molar-refractivity contribution >= 4 is 11.3 Å². The Morgan fingerprint density at radius 3 is 3.14 bits per heavy atom. The number of rotatable bonds is 3. The second-order valence-corrected chi connectivity index (χ2v) is 3.93. The predicted octanol–water partition coefficient (Wildman–Crippen LogP) is 0.990. The fourth-order valence-corrected chi connectivity index (χ4v) is 1.95. The van der Waals surface area contributed by atoms with Crippen LogP contribution in [0.25, 0.3) is 10.7 Å². The first-order valence-electron chi connectivity index (χ1n) is 4.33. The van der Waals surface area contributed by atoms with Crippen LogP contribution in [0.4, 0.5) is 0 Å². The molecule has 0 radical (unpaired) electrons. The van der Waals surface area contributed by atoms with Crippen LogP contribution < -0.4 is 5.73 Å². The van der Waals surface area contributed by atoms with Crippen LogP contribution in [-0.4, -0.2) is 26.9 Å². The molecule has 14 heavy (non-hydrogen) atoms. The smallest absolute Gasteiger partial charge is 0.145 e. The van der Waals surface area contributed by atoms with E-state index in [1.807, 2.05) is 5.38 Å². The van der Waals surface area contributed by atoms with E-state index in [1.54, 1.807) is 17.5 Å². The Kier molecular flexibility index (Phi) is 2.55. The maximum Gasteiger partial charge on any atom is 0.145 e. The lowest BCUT2D eigenvalue weighted by Gasteiger charge is -2.01. The zero-order valence-corrected chi connectivity index (χ0v) is 8.58. The molecule has 0 aliphatic rings. The Morgan fingerprint density at radius 1 is 1.64 bits per heavy atom. The highest BCUT2D eigenvalue weighted by Gasteiger charge is 2.10. The van der Waals surface area contributed by atoms with E-state index in [9.17, 15) is 0 Å². The van der Waals surface area contributed by atoms with Crippen molar-refractivity contribution in [3.05, 3.63) is 17.3 Å². The normalized spacial score (nSPS) is 13.0. The van der Waals surface area contributed by atoms with Crippen molar-refractivity contribution in [3.8, 4) is 10.7 Å². The predicted molar refractivity (Wildman–Crippen MR) is 55.0 cm³/mol. The van der Waals surface area contributed by atoms with Gasteiger partial charge in [0.15, 0.2) is 0 Å². The minimum absolute atomic E-state index is 0.298. The fourth-order valence-electron chi connectivity index (χ4n) is 1.06. The first-order valence-corrected chi connectivity index (χ1v) is 5.21. The summed E-state index contributed by atoms with van der Waals surface area (Å²) in [5, 5.41) is 13.2. The molecule has 74 valence electrons. The number of nitrogens with zero attached hydrogens (tertiary/aromatic N) is 3. The van der Waals surface area contributed by atoms with E-state index in [2.05, 4.69) is 27.3 Å². The van der Waals surface area contributed by atoms with Crippen LogP contribution in [0.2, 0.25) is 0 Å². The Hall–Kier alpha value is -1.27. The molecule has 0 bridgehead atoms. The van der Waals surface area contributed by atoms with Crippen molar-refractivity contribution in [2.75, 3.05) is 6.54 Å². The zero-order valence-electron chi connectivity index (χ0n) is 7.77. The standard InChI is InChI=1S/C8H11N5S/c1-5(2-9)7-4-14-8(11-7)6-3-10-13-12-6/h3-5H,2,9H2,1H3,(H,10,12,13). The highest BCUT2D eigenvalue weighted by Crippen LogP contribution is 2.24. The summed E-state index contributed by atoms with van der Waals surface area (Å²) in [4.78, 5) is 4.44. The number of nitrogens with two attached hydrogens (primary N) is 1. The van der Waals surface area contributed by atoms with Gasteiger partial charge in [-0.2, -0.15) is 15.4 Å². The van der Waals surface area contributed by atoms with Gasteiger partial charge < -0.3 is 5.73 Å². The molecule has 1 atom stereocenters. The van der Waals surface area contributed by atoms with Gasteiger partial charge in [-0.1, -0.05) is 6.92 Å². The van der Waals surface area contributed by atoms with Crippen molar-refractivity contribution in [2.45, 2.75) is 12.8 Å². The third-order valence-corrected chi connectivity index (χ3v) is 2.90. The summed E-state index contributed by atoms with van der Waals surface area (Å²) < 4.78 is 0. The maximum absolute atomic E-state index is 5.56. The monoisotopic (exact) mass is 209 g/mol. The molecule has 2 aromatic rings. The molecule has 0 aliphatic carbocycles. The van der Waals surface area contributed by atoms with Crippen LogP contribution in [-0.2, 0) is 0 Å². The largest absolute Gasteiger partial charge is 0.330 e. The minimum Gasteiger partial charge on any atom is -0.330 e. The molecule has 2 heterocycles. The summed E-state index contributed by atoms with van der Waals surface area (Å²) in [6.07, 6.45) is 1.66. The van der Waals surface area contributed by atoms with Crippen LogP contribution >= 0.6 is 11.3 Å². The molecule has 2 rings (SSSR count). The van der Waals surface area contributed by atoms with Crippen molar-refractivity contribution in [1.82, 2.24) is 20.4 Å². The van der Waals surface area contributed by atoms with E-state index in [0.717, 1.165) is 16.4 Å².